The first-order chi connectivity index (χ1) is 9.59. The van der Waals surface area contributed by atoms with Crippen molar-refractivity contribution >= 4 is 35.6 Å². The zero-order valence-electron chi connectivity index (χ0n) is 14.1. The SMILES string of the molecule is CC(Cl)CN(Cc1cc(C(C)(C)C)ccc1O)CC(C)Cl.Cl. The fourth-order valence-corrected chi connectivity index (χ4v) is 2.73. The number of phenolic OH excluding ortho intramolecular Hbond substituents is 1. The summed E-state index contributed by atoms with van der Waals surface area (Å²) >= 11 is 12.2. The molecular weight excluding hydrogens is 341 g/mol. The number of phenols is 1. The summed E-state index contributed by atoms with van der Waals surface area (Å²) in [5.41, 5.74) is 2.21. The third-order valence-electron chi connectivity index (χ3n) is 3.36. The Morgan fingerprint density at radius 2 is 1.59 bits per heavy atom. The van der Waals surface area contributed by atoms with Gasteiger partial charge < -0.3 is 5.11 Å². The van der Waals surface area contributed by atoms with Gasteiger partial charge in [0.1, 0.15) is 5.75 Å². The standard InChI is InChI=1S/C17H27Cl2NO.ClH/c1-12(18)9-20(10-13(2)19)11-14-8-15(17(3,4)5)6-7-16(14)21;/h6-8,12-13,21H,9-11H2,1-5H3;1H. The van der Waals surface area contributed by atoms with Gasteiger partial charge in [-0.3, -0.25) is 4.90 Å². The van der Waals surface area contributed by atoms with Gasteiger partial charge in [0.25, 0.3) is 0 Å². The number of rotatable bonds is 6. The highest BCUT2D eigenvalue weighted by Crippen LogP contribution is 2.28. The van der Waals surface area contributed by atoms with Gasteiger partial charge in [-0.1, -0.05) is 32.9 Å². The lowest BCUT2D eigenvalue weighted by atomic mass is 9.86. The van der Waals surface area contributed by atoms with Gasteiger partial charge in [-0.15, -0.1) is 35.6 Å². The predicted molar refractivity (Wildman–Crippen MR) is 100.0 cm³/mol. The molecule has 0 aliphatic carbocycles. The predicted octanol–water partition coefficient (Wildman–Crippen LogP) is 5.17. The maximum atomic E-state index is 10.1. The van der Waals surface area contributed by atoms with Gasteiger partial charge >= 0.3 is 0 Å². The molecule has 0 radical (unpaired) electrons. The lowest BCUT2D eigenvalue weighted by molar-refractivity contribution is 0.266. The normalized spacial score (nSPS) is 14.5. The monoisotopic (exact) mass is 367 g/mol. The van der Waals surface area contributed by atoms with E-state index in [1.165, 1.54) is 5.56 Å². The average molecular weight is 369 g/mol. The molecule has 0 bridgehead atoms. The Morgan fingerprint density at radius 3 is 2.00 bits per heavy atom. The van der Waals surface area contributed by atoms with Crippen LogP contribution in [0.25, 0.3) is 0 Å². The van der Waals surface area contributed by atoms with E-state index < -0.39 is 0 Å². The van der Waals surface area contributed by atoms with Crippen LogP contribution in [0.3, 0.4) is 0 Å². The molecule has 2 atom stereocenters. The third kappa shape index (κ3) is 7.41. The van der Waals surface area contributed by atoms with E-state index in [1.807, 2.05) is 19.9 Å². The highest BCUT2D eigenvalue weighted by atomic mass is 35.5. The number of halogens is 3. The van der Waals surface area contributed by atoms with Crippen molar-refractivity contribution < 1.29 is 5.11 Å². The van der Waals surface area contributed by atoms with Crippen LogP contribution in [-0.2, 0) is 12.0 Å². The van der Waals surface area contributed by atoms with Crippen LogP contribution in [-0.4, -0.2) is 33.9 Å². The highest BCUT2D eigenvalue weighted by Gasteiger charge is 2.18. The summed E-state index contributed by atoms with van der Waals surface area (Å²) in [6.45, 7) is 12.6. The second kappa shape index (κ2) is 9.22. The Kier molecular flexibility index (Phi) is 9.16. The fourth-order valence-electron chi connectivity index (χ4n) is 2.33. The van der Waals surface area contributed by atoms with E-state index in [-0.39, 0.29) is 28.6 Å². The summed E-state index contributed by atoms with van der Waals surface area (Å²) in [5.74, 6) is 0.331. The lowest BCUT2D eigenvalue weighted by Crippen LogP contribution is -2.33. The van der Waals surface area contributed by atoms with Crippen molar-refractivity contribution in [3.8, 4) is 5.75 Å². The van der Waals surface area contributed by atoms with E-state index in [0.29, 0.717) is 12.3 Å². The number of benzene rings is 1. The van der Waals surface area contributed by atoms with Crippen molar-refractivity contribution in [1.82, 2.24) is 4.90 Å². The molecule has 0 saturated carbocycles. The van der Waals surface area contributed by atoms with Crippen molar-refractivity contribution in [2.45, 2.75) is 57.3 Å². The molecular formula is C17H28Cl3NO. The number of aromatic hydroxyl groups is 1. The summed E-state index contributed by atoms with van der Waals surface area (Å²) in [4.78, 5) is 2.19. The van der Waals surface area contributed by atoms with Crippen molar-refractivity contribution in [2.75, 3.05) is 13.1 Å². The maximum Gasteiger partial charge on any atom is 0.120 e. The Balaban J connectivity index is 0.00000441. The molecule has 0 aliphatic heterocycles. The minimum atomic E-state index is 0. The molecule has 22 heavy (non-hydrogen) atoms. The first-order valence-electron chi connectivity index (χ1n) is 7.42. The van der Waals surface area contributed by atoms with Gasteiger partial charge in [0.2, 0.25) is 0 Å². The van der Waals surface area contributed by atoms with Gasteiger partial charge in [0, 0.05) is 36.0 Å². The maximum absolute atomic E-state index is 10.1. The van der Waals surface area contributed by atoms with Gasteiger partial charge in [-0.05, 0) is 30.9 Å². The molecule has 1 aromatic carbocycles. The lowest BCUT2D eigenvalue weighted by Gasteiger charge is -2.26. The summed E-state index contributed by atoms with van der Waals surface area (Å²) in [7, 11) is 0. The first-order valence-corrected chi connectivity index (χ1v) is 8.29. The van der Waals surface area contributed by atoms with Crippen LogP contribution < -0.4 is 0 Å². The Morgan fingerprint density at radius 1 is 1.09 bits per heavy atom. The van der Waals surface area contributed by atoms with Gasteiger partial charge in [0.15, 0.2) is 0 Å². The van der Waals surface area contributed by atoms with Crippen LogP contribution in [0.2, 0.25) is 0 Å². The average Bonchev–Trinajstić information content (AvgIpc) is 2.28. The van der Waals surface area contributed by atoms with Gasteiger partial charge in [-0.2, -0.15) is 0 Å². The van der Waals surface area contributed by atoms with Gasteiger partial charge in [0.05, 0.1) is 0 Å². The molecule has 0 aliphatic rings. The molecule has 1 rings (SSSR count). The summed E-state index contributed by atoms with van der Waals surface area (Å²) in [5, 5.41) is 10.2. The molecule has 0 saturated heterocycles. The van der Waals surface area contributed by atoms with Crippen LogP contribution >= 0.6 is 35.6 Å². The molecule has 128 valence electrons. The van der Waals surface area contributed by atoms with Crippen LogP contribution in [0, 0.1) is 0 Å². The zero-order valence-corrected chi connectivity index (χ0v) is 16.4. The van der Waals surface area contributed by atoms with Crippen LogP contribution in [0.1, 0.15) is 45.7 Å². The Labute approximate surface area is 151 Å². The summed E-state index contributed by atoms with van der Waals surface area (Å²) in [6.07, 6.45) is 0. The second-order valence-electron chi connectivity index (χ2n) is 6.85. The fraction of sp³-hybridized carbons (Fsp3) is 0.647. The smallest absolute Gasteiger partial charge is 0.120 e. The molecule has 0 amide bonds. The second-order valence-corrected chi connectivity index (χ2v) is 8.34. The van der Waals surface area contributed by atoms with E-state index in [0.717, 1.165) is 18.7 Å². The highest BCUT2D eigenvalue weighted by molar-refractivity contribution is 6.21. The molecule has 2 nitrogen and oxygen atoms in total. The molecule has 5 heteroatoms. The molecule has 1 N–H and O–H groups in total. The van der Waals surface area contributed by atoms with Crippen molar-refractivity contribution in [3.63, 3.8) is 0 Å². The van der Waals surface area contributed by atoms with Crippen LogP contribution in [0.5, 0.6) is 5.75 Å². The van der Waals surface area contributed by atoms with Crippen molar-refractivity contribution in [2.24, 2.45) is 0 Å². The quantitative estimate of drug-likeness (QED) is 0.700. The zero-order chi connectivity index (χ0) is 16.2. The van der Waals surface area contributed by atoms with Gasteiger partial charge in [-0.25, -0.2) is 0 Å². The molecule has 2 unspecified atom stereocenters. The molecule has 1 aromatic rings. The van der Waals surface area contributed by atoms with Crippen LogP contribution in [0.15, 0.2) is 18.2 Å². The molecule has 0 spiro atoms. The largest absolute Gasteiger partial charge is 0.508 e. The molecule has 0 heterocycles. The van der Waals surface area contributed by atoms with E-state index in [9.17, 15) is 5.11 Å². The summed E-state index contributed by atoms with van der Waals surface area (Å²) < 4.78 is 0. The Bertz CT molecular complexity index is 446. The molecule has 0 fully saturated rings. The van der Waals surface area contributed by atoms with Crippen molar-refractivity contribution in [3.05, 3.63) is 29.3 Å². The number of nitrogens with zero attached hydrogens (tertiary/aromatic N) is 1. The van der Waals surface area contributed by atoms with Crippen LogP contribution in [0.4, 0.5) is 0 Å². The van der Waals surface area contributed by atoms with E-state index in [1.54, 1.807) is 6.07 Å². The van der Waals surface area contributed by atoms with E-state index in [4.69, 9.17) is 23.2 Å². The first kappa shape index (κ1) is 21.9. The number of hydrogen-bond acceptors (Lipinski definition) is 2. The summed E-state index contributed by atoms with van der Waals surface area (Å²) in [6, 6.07) is 5.85. The van der Waals surface area contributed by atoms with Crippen molar-refractivity contribution in [1.29, 1.82) is 0 Å². The number of hydrogen-bond donors (Lipinski definition) is 1. The number of alkyl halides is 2. The minimum absolute atomic E-state index is 0. The minimum Gasteiger partial charge on any atom is -0.508 e. The van der Waals surface area contributed by atoms with E-state index >= 15 is 0 Å². The Hall–Kier alpha value is -0.150. The van der Waals surface area contributed by atoms with E-state index in [2.05, 4.69) is 31.7 Å². The molecule has 0 aromatic heterocycles. The third-order valence-corrected chi connectivity index (χ3v) is 3.64. The topological polar surface area (TPSA) is 23.5 Å².